The number of nitrogens with zero attached hydrogens (tertiary/aromatic N) is 2. The van der Waals surface area contributed by atoms with Gasteiger partial charge in [-0.3, -0.25) is 20.2 Å². The highest BCUT2D eigenvalue weighted by molar-refractivity contribution is 5.83. The predicted octanol–water partition coefficient (Wildman–Crippen LogP) is 5.10. The third kappa shape index (κ3) is 3.18. The van der Waals surface area contributed by atoms with E-state index in [0.29, 0.717) is 11.1 Å². The van der Waals surface area contributed by atoms with Crippen LogP contribution in [0.4, 0.5) is 0 Å². The van der Waals surface area contributed by atoms with Crippen molar-refractivity contribution >= 4 is 10.9 Å². The van der Waals surface area contributed by atoms with E-state index in [4.69, 9.17) is 0 Å². The van der Waals surface area contributed by atoms with Crippen LogP contribution in [0, 0.1) is 20.2 Å². The Balaban J connectivity index is 2.78. The second-order valence-corrected chi connectivity index (χ2v) is 7.75. The Morgan fingerprint density at radius 1 is 1.08 bits per heavy atom. The number of benzene rings is 1. The lowest BCUT2D eigenvalue weighted by atomic mass is 9.81. The first-order valence-electron chi connectivity index (χ1n) is 8.93. The summed E-state index contributed by atoms with van der Waals surface area (Å²) in [7, 11) is 0. The van der Waals surface area contributed by atoms with Gasteiger partial charge in [-0.1, -0.05) is 20.8 Å². The van der Waals surface area contributed by atoms with Crippen molar-refractivity contribution in [3.05, 3.63) is 55.2 Å². The molecule has 1 aromatic heterocycles. The lowest BCUT2D eigenvalue weighted by Gasteiger charge is -2.25. The van der Waals surface area contributed by atoms with Gasteiger partial charge in [0.25, 0.3) is 0 Å². The fourth-order valence-electron chi connectivity index (χ4n) is 3.24. The van der Waals surface area contributed by atoms with Crippen molar-refractivity contribution in [2.75, 3.05) is 0 Å². The maximum Gasteiger partial charge on any atom is 0.242 e. The van der Waals surface area contributed by atoms with Gasteiger partial charge in [-0.15, -0.1) is 0 Å². The van der Waals surface area contributed by atoms with Crippen molar-refractivity contribution in [1.29, 1.82) is 0 Å². The molecule has 1 unspecified atom stereocenters. The molecule has 0 bridgehead atoms. The van der Waals surface area contributed by atoms with Crippen LogP contribution in [0.25, 0.3) is 10.9 Å². The number of aromatic amines is 1. The van der Waals surface area contributed by atoms with Crippen LogP contribution in [0.2, 0.25) is 0 Å². The maximum atomic E-state index is 11.6. The largest absolute Gasteiger partial charge is 0.358 e. The first kappa shape index (κ1) is 19.9. The van der Waals surface area contributed by atoms with Crippen LogP contribution < -0.4 is 0 Å². The van der Waals surface area contributed by atoms with Gasteiger partial charge in [-0.2, -0.15) is 0 Å². The molecule has 1 atom stereocenters. The number of nitrogens with one attached hydrogen (secondary N) is 1. The molecule has 26 heavy (non-hydrogen) atoms. The Labute approximate surface area is 153 Å². The van der Waals surface area contributed by atoms with E-state index in [1.165, 1.54) is 20.8 Å². The number of rotatable bonds is 7. The van der Waals surface area contributed by atoms with Crippen molar-refractivity contribution in [2.24, 2.45) is 0 Å². The standard InChI is InChI=1S/C19H27N3O4/c1-7-19(6,8-2)17-10-13-9-15(18(4,5)22(25)26)14(11-16(13)20-17)12(3)21(23)24/h9-12,20H,7-8H2,1-6H3. The van der Waals surface area contributed by atoms with E-state index in [0.717, 1.165) is 29.4 Å². The molecule has 0 aliphatic carbocycles. The quantitative estimate of drug-likeness (QED) is 0.547. The third-order valence-corrected chi connectivity index (χ3v) is 5.88. The molecule has 7 nitrogen and oxygen atoms in total. The summed E-state index contributed by atoms with van der Waals surface area (Å²) in [6, 6.07) is 4.43. The summed E-state index contributed by atoms with van der Waals surface area (Å²) in [4.78, 5) is 25.5. The van der Waals surface area contributed by atoms with E-state index in [1.54, 1.807) is 12.1 Å². The molecule has 0 fully saturated rings. The molecule has 0 saturated heterocycles. The van der Waals surface area contributed by atoms with E-state index in [-0.39, 0.29) is 10.3 Å². The summed E-state index contributed by atoms with van der Waals surface area (Å²) in [5, 5.41) is 23.8. The van der Waals surface area contributed by atoms with Gasteiger partial charge in [0.2, 0.25) is 11.6 Å². The van der Waals surface area contributed by atoms with Crippen molar-refractivity contribution in [3.8, 4) is 0 Å². The molecule has 2 aromatic rings. The van der Waals surface area contributed by atoms with Gasteiger partial charge >= 0.3 is 0 Å². The smallest absolute Gasteiger partial charge is 0.242 e. The molecule has 1 N–H and O–H groups in total. The fourth-order valence-corrected chi connectivity index (χ4v) is 3.24. The van der Waals surface area contributed by atoms with Gasteiger partial charge in [0.1, 0.15) is 0 Å². The molecule has 1 heterocycles. The minimum atomic E-state index is -1.41. The van der Waals surface area contributed by atoms with Gasteiger partial charge in [-0.05, 0) is 31.0 Å². The van der Waals surface area contributed by atoms with Crippen LogP contribution in [0.1, 0.15) is 77.2 Å². The van der Waals surface area contributed by atoms with Gasteiger partial charge in [0.15, 0.2) is 0 Å². The average Bonchev–Trinajstić information content (AvgIpc) is 3.02. The maximum absolute atomic E-state index is 11.6. The zero-order chi connectivity index (χ0) is 19.9. The Bertz CT molecular complexity index is 850. The zero-order valence-electron chi connectivity index (χ0n) is 16.3. The molecular formula is C19H27N3O4. The fraction of sp³-hybridized carbons (Fsp3) is 0.579. The van der Waals surface area contributed by atoms with Gasteiger partial charge < -0.3 is 4.98 Å². The van der Waals surface area contributed by atoms with E-state index in [2.05, 4.69) is 25.8 Å². The highest BCUT2D eigenvalue weighted by Crippen LogP contribution is 2.38. The van der Waals surface area contributed by atoms with Crippen LogP contribution in [-0.2, 0) is 11.0 Å². The van der Waals surface area contributed by atoms with E-state index < -0.39 is 16.5 Å². The monoisotopic (exact) mass is 361 g/mol. The van der Waals surface area contributed by atoms with Crippen LogP contribution >= 0.6 is 0 Å². The zero-order valence-corrected chi connectivity index (χ0v) is 16.3. The Hall–Kier alpha value is -2.44. The number of aromatic nitrogens is 1. The highest BCUT2D eigenvalue weighted by atomic mass is 16.6. The van der Waals surface area contributed by atoms with Gasteiger partial charge in [0.05, 0.1) is 0 Å². The molecule has 2 rings (SSSR count). The van der Waals surface area contributed by atoms with Crippen LogP contribution in [-0.4, -0.2) is 14.8 Å². The van der Waals surface area contributed by atoms with Crippen LogP contribution in [0.5, 0.6) is 0 Å². The van der Waals surface area contributed by atoms with Crippen molar-refractivity contribution in [3.63, 3.8) is 0 Å². The number of hydrogen-bond acceptors (Lipinski definition) is 4. The second kappa shape index (κ2) is 6.70. The average molecular weight is 361 g/mol. The predicted molar refractivity (Wildman–Crippen MR) is 102 cm³/mol. The summed E-state index contributed by atoms with van der Waals surface area (Å²) in [5.41, 5.74) is 1.15. The molecule has 0 aliphatic heterocycles. The summed E-state index contributed by atoms with van der Waals surface area (Å²) in [6.45, 7) is 10.8. The summed E-state index contributed by atoms with van der Waals surface area (Å²) in [6.07, 6.45) is 1.89. The van der Waals surface area contributed by atoms with Crippen molar-refractivity contribution in [1.82, 2.24) is 4.98 Å². The summed E-state index contributed by atoms with van der Waals surface area (Å²) >= 11 is 0. The van der Waals surface area contributed by atoms with Crippen molar-refractivity contribution in [2.45, 2.75) is 71.4 Å². The minimum absolute atomic E-state index is 0.0350. The lowest BCUT2D eigenvalue weighted by Crippen LogP contribution is -2.30. The Morgan fingerprint density at radius 2 is 1.65 bits per heavy atom. The number of fused-ring (bicyclic) bond motifs is 1. The van der Waals surface area contributed by atoms with Crippen LogP contribution in [0.15, 0.2) is 18.2 Å². The molecule has 0 saturated carbocycles. The normalized spacial score (nSPS) is 13.8. The number of nitro groups is 2. The first-order chi connectivity index (χ1) is 12.0. The third-order valence-electron chi connectivity index (χ3n) is 5.88. The second-order valence-electron chi connectivity index (χ2n) is 7.75. The van der Waals surface area contributed by atoms with Gasteiger partial charge in [0, 0.05) is 63.8 Å². The number of hydrogen-bond donors (Lipinski definition) is 1. The summed E-state index contributed by atoms with van der Waals surface area (Å²) < 4.78 is 0. The van der Waals surface area contributed by atoms with E-state index in [9.17, 15) is 20.2 Å². The molecule has 0 aliphatic rings. The van der Waals surface area contributed by atoms with Gasteiger partial charge in [-0.25, -0.2) is 0 Å². The lowest BCUT2D eigenvalue weighted by molar-refractivity contribution is -0.570. The minimum Gasteiger partial charge on any atom is -0.358 e. The molecule has 0 radical (unpaired) electrons. The Kier molecular flexibility index (Phi) is 5.12. The summed E-state index contributed by atoms with van der Waals surface area (Å²) in [5.74, 6) is 0. The molecule has 0 amide bonds. The number of H-pyrrole nitrogens is 1. The molecule has 142 valence electrons. The molecule has 1 aromatic carbocycles. The topological polar surface area (TPSA) is 102 Å². The van der Waals surface area contributed by atoms with E-state index >= 15 is 0 Å². The molecule has 0 spiro atoms. The highest BCUT2D eigenvalue weighted by Gasteiger charge is 2.39. The first-order valence-corrected chi connectivity index (χ1v) is 8.93. The SMILES string of the molecule is CCC(C)(CC)c1cc2cc(C(C)(C)[N+](=O)[O-])c(C(C)[N+](=O)[O-])cc2[nH]1. The molecular weight excluding hydrogens is 334 g/mol. The van der Waals surface area contributed by atoms with Crippen LogP contribution in [0.3, 0.4) is 0 Å². The van der Waals surface area contributed by atoms with Crippen molar-refractivity contribution < 1.29 is 9.85 Å². The van der Waals surface area contributed by atoms with E-state index in [1.807, 2.05) is 6.07 Å². The molecule has 7 heteroatoms. The Morgan fingerprint density at radius 3 is 2.12 bits per heavy atom.